The summed E-state index contributed by atoms with van der Waals surface area (Å²) in [6.07, 6.45) is 2.40. The van der Waals surface area contributed by atoms with Crippen LogP contribution in [-0.4, -0.2) is 23.5 Å². The molecule has 0 aromatic carbocycles. The van der Waals surface area contributed by atoms with Gasteiger partial charge in [-0.15, -0.1) is 11.3 Å². The first-order chi connectivity index (χ1) is 6.77. The second-order valence-electron chi connectivity index (χ2n) is 3.58. The molecule has 1 amide bonds. The van der Waals surface area contributed by atoms with E-state index in [0.29, 0.717) is 18.2 Å². The highest BCUT2D eigenvalue weighted by molar-refractivity contribution is 7.07. The van der Waals surface area contributed by atoms with Crippen molar-refractivity contribution in [1.29, 1.82) is 0 Å². The molecular formula is C9H13N3OS. The molecule has 1 atom stereocenters. The van der Waals surface area contributed by atoms with Gasteiger partial charge in [0.25, 0.3) is 5.91 Å². The Bertz CT molecular complexity index is 308. The third kappa shape index (κ3) is 2.30. The van der Waals surface area contributed by atoms with Crippen LogP contribution >= 0.6 is 11.3 Å². The smallest absolute Gasteiger partial charge is 0.270 e. The van der Waals surface area contributed by atoms with Crippen LogP contribution in [0.3, 0.4) is 0 Å². The van der Waals surface area contributed by atoms with Gasteiger partial charge in [0.1, 0.15) is 5.69 Å². The van der Waals surface area contributed by atoms with Crippen LogP contribution < -0.4 is 11.1 Å². The molecule has 76 valence electrons. The highest BCUT2D eigenvalue weighted by Crippen LogP contribution is 2.31. The molecule has 0 bridgehead atoms. The molecule has 0 radical (unpaired) electrons. The van der Waals surface area contributed by atoms with Crippen LogP contribution in [0.5, 0.6) is 0 Å². The van der Waals surface area contributed by atoms with Gasteiger partial charge in [-0.2, -0.15) is 0 Å². The lowest BCUT2D eigenvalue weighted by Gasteiger charge is -2.10. The maximum Gasteiger partial charge on any atom is 0.270 e. The summed E-state index contributed by atoms with van der Waals surface area (Å²) in [4.78, 5) is 15.4. The Kier molecular flexibility index (Phi) is 2.79. The quantitative estimate of drug-likeness (QED) is 0.766. The van der Waals surface area contributed by atoms with E-state index in [1.54, 1.807) is 10.9 Å². The van der Waals surface area contributed by atoms with E-state index in [4.69, 9.17) is 5.73 Å². The van der Waals surface area contributed by atoms with E-state index in [1.165, 1.54) is 24.2 Å². The molecule has 4 nitrogen and oxygen atoms in total. The Hall–Kier alpha value is -0.940. The molecular weight excluding hydrogens is 198 g/mol. The summed E-state index contributed by atoms with van der Waals surface area (Å²) in [7, 11) is 0. The van der Waals surface area contributed by atoms with Gasteiger partial charge in [0.05, 0.1) is 5.51 Å². The molecule has 0 spiro atoms. The molecule has 1 fully saturated rings. The summed E-state index contributed by atoms with van der Waals surface area (Å²) in [5, 5.41) is 4.52. The highest BCUT2D eigenvalue weighted by Gasteiger charge is 2.28. The second kappa shape index (κ2) is 4.06. The van der Waals surface area contributed by atoms with Crippen molar-refractivity contribution in [3.05, 3.63) is 16.6 Å². The first-order valence-electron chi connectivity index (χ1n) is 4.69. The number of carbonyl (C=O) groups excluding carboxylic acids is 1. The Morgan fingerprint density at radius 3 is 3.14 bits per heavy atom. The van der Waals surface area contributed by atoms with E-state index in [0.717, 1.165) is 0 Å². The summed E-state index contributed by atoms with van der Waals surface area (Å²) in [6, 6.07) is 0.109. The van der Waals surface area contributed by atoms with Crippen LogP contribution in [0.1, 0.15) is 23.3 Å². The Morgan fingerprint density at radius 2 is 2.57 bits per heavy atom. The van der Waals surface area contributed by atoms with Crippen molar-refractivity contribution in [3.8, 4) is 0 Å². The zero-order valence-corrected chi connectivity index (χ0v) is 8.59. The number of thiazole rings is 1. The Labute approximate surface area is 86.5 Å². The average molecular weight is 211 g/mol. The van der Waals surface area contributed by atoms with Gasteiger partial charge in [-0.05, 0) is 18.8 Å². The fraction of sp³-hybridized carbons (Fsp3) is 0.556. The lowest BCUT2D eigenvalue weighted by atomic mass is 10.2. The summed E-state index contributed by atoms with van der Waals surface area (Å²) < 4.78 is 0. The van der Waals surface area contributed by atoms with Crippen LogP contribution in [0.15, 0.2) is 10.9 Å². The lowest BCUT2D eigenvalue weighted by molar-refractivity contribution is 0.0946. The number of rotatable bonds is 4. The van der Waals surface area contributed by atoms with Gasteiger partial charge in [0, 0.05) is 18.0 Å². The van der Waals surface area contributed by atoms with Gasteiger partial charge >= 0.3 is 0 Å². The van der Waals surface area contributed by atoms with Crippen LogP contribution in [0, 0.1) is 5.92 Å². The summed E-state index contributed by atoms with van der Waals surface area (Å²) >= 11 is 1.42. The number of aromatic nitrogens is 1. The zero-order chi connectivity index (χ0) is 9.97. The minimum atomic E-state index is -0.123. The number of nitrogens with one attached hydrogen (secondary N) is 1. The molecule has 1 heterocycles. The number of nitrogens with two attached hydrogens (primary N) is 1. The van der Waals surface area contributed by atoms with Crippen molar-refractivity contribution in [2.24, 2.45) is 11.7 Å². The normalized spacial score (nSPS) is 17.8. The van der Waals surface area contributed by atoms with E-state index in [-0.39, 0.29) is 11.9 Å². The van der Waals surface area contributed by atoms with Crippen molar-refractivity contribution in [1.82, 2.24) is 10.3 Å². The topological polar surface area (TPSA) is 68.0 Å². The van der Waals surface area contributed by atoms with Crippen molar-refractivity contribution < 1.29 is 4.79 Å². The molecule has 0 saturated heterocycles. The number of carbonyl (C=O) groups is 1. The van der Waals surface area contributed by atoms with Crippen molar-refractivity contribution in [3.63, 3.8) is 0 Å². The summed E-state index contributed by atoms with van der Waals surface area (Å²) in [5.41, 5.74) is 7.98. The molecule has 1 unspecified atom stereocenters. The lowest BCUT2D eigenvalue weighted by Crippen LogP contribution is -2.38. The van der Waals surface area contributed by atoms with Crippen LogP contribution in [-0.2, 0) is 0 Å². The maximum absolute atomic E-state index is 11.4. The monoisotopic (exact) mass is 211 g/mol. The SMILES string of the molecule is NC(CNC(=O)c1cscn1)C1CC1. The molecule has 1 aromatic heterocycles. The fourth-order valence-corrected chi connectivity index (χ4v) is 1.85. The molecule has 3 N–H and O–H groups in total. The standard InChI is InChI=1S/C9H13N3OS/c10-7(6-1-2-6)3-11-9(13)8-4-14-5-12-8/h4-7H,1-3,10H2,(H,11,13). The largest absolute Gasteiger partial charge is 0.349 e. The highest BCUT2D eigenvalue weighted by atomic mass is 32.1. The summed E-state index contributed by atoms with van der Waals surface area (Å²) in [5.74, 6) is 0.494. The predicted molar refractivity (Wildman–Crippen MR) is 55.1 cm³/mol. The van der Waals surface area contributed by atoms with E-state index < -0.39 is 0 Å². The number of amides is 1. The first kappa shape index (κ1) is 9.61. The molecule has 2 rings (SSSR count). The molecule has 1 aliphatic rings. The minimum absolute atomic E-state index is 0.109. The van der Waals surface area contributed by atoms with Gasteiger partial charge in [-0.25, -0.2) is 4.98 Å². The number of nitrogens with zero attached hydrogens (tertiary/aromatic N) is 1. The van der Waals surface area contributed by atoms with Gasteiger partial charge in [-0.1, -0.05) is 0 Å². The minimum Gasteiger partial charge on any atom is -0.349 e. The number of hydrogen-bond acceptors (Lipinski definition) is 4. The fourth-order valence-electron chi connectivity index (χ4n) is 1.32. The third-order valence-electron chi connectivity index (χ3n) is 2.39. The third-order valence-corrected chi connectivity index (χ3v) is 2.98. The molecule has 1 aromatic rings. The van der Waals surface area contributed by atoms with Crippen LogP contribution in [0.25, 0.3) is 0 Å². The van der Waals surface area contributed by atoms with Crippen LogP contribution in [0.2, 0.25) is 0 Å². The molecule has 14 heavy (non-hydrogen) atoms. The van der Waals surface area contributed by atoms with E-state index in [2.05, 4.69) is 10.3 Å². The van der Waals surface area contributed by atoms with E-state index in [9.17, 15) is 4.79 Å². The van der Waals surface area contributed by atoms with Gasteiger partial charge < -0.3 is 11.1 Å². The van der Waals surface area contributed by atoms with Crippen LogP contribution in [0.4, 0.5) is 0 Å². The molecule has 1 aliphatic carbocycles. The van der Waals surface area contributed by atoms with E-state index in [1.807, 2.05) is 0 Å². The zero-order valence-electron chi connectivity index (χ0n) is 7.77. The molecule has 5 heteroatoms. The summed E-state index contributed by atoms with van der Waals surface area (Å²) in [6.45, 7) is 0.557. The van der Waals surface area contributed by atoms with Crippen molar-refractivity contribution in [2.75, 3.05) is 6.54 Å². The van der Waals surface area contributed by atoms with Gasteiger partial charge in [0.2, 0.25) is 0 Å². The van der Waals surface area contributed by atoms with Crippen molar-refractivity contribution in [2.45, 2.75) is 18.9 Å². The van der Waals surface area contributed by atoms with Crippen molar-refractivity contribution >= 4 is 17.2 Å². The molecule has 1 saturated carbocycles. The maximum atomic E-state index is 11.4. The Morgan fingerprint density at radius 1 is 1.79 bits per heavy atom. The van der Waals surface area contributed by atoms with Gasteiger partial charge in [0.15, 0.2) is 0 Å². The predicted octanol–water partition coefficient (Wildman–Crippen LogP) is 0.610. The second-order valence-corrected chi connectivity index (χ2v) is 4.30. The van der Waals surface area contributed by atoms with Gasteiger partial charge in [-0.3, -0.25) is 4.79 Å². The number of hydrogen-bond donors (Lipinski definition) is 2. The first-order valence-corrected chi connectivity index (χ1v) is 5.63. The molecule has 0 aliphatic heterocycles. The Balaban J connectivity index is 1.77. The van der Waals surface area contributed by atoms with E-state index >= 15 is 0 Å². The average Bonchev–Trinajstić information content (AvgIpc) is 2.90.